The molecule has 40 heteroatoms. The van der Waals surface area contributed by atoms with Crippen molar-refractivity contribution in [3.63, 3.8) is 0 Å². The summed E-state index contributed by atoms with van der Waals surface area (Å²) in [5.41, 5.74) is 39.6. The largest absolute Gasteiger partial charge is 0.481 e. The van der Waals surface area contributed by atoms with Crippen LogP contribution >= 0.6 is 43.2 Å². The van der Waals surface area contributed by atoms with E-state index in [1.54, 1.807) is 30.3 Å². The van der Waals surface area contributed by atoms with Crippen LogP contribution in [0.2, 0.25) is 0 Å². The molecule has 3 heterocycles. The molecule has 3 fully saturated rings. The van der Waals surface area contributed by atoms with Gasteiger partial charge in [0.25, 0.3) is 0 Å². The van der Waals surface area contributed by atoms with E-state index in [1.807, 2.05) is 0 Å². The summed E-state index contributed by atoms with van der Waals surface area (Å²) in [6.07, 6.45) is -2.65. The molecule has 26 N–H and O–H groups in total. The number of guanidine groups is 2. The van der Waals surface area contributed by atoms with Gasteiger partial charge in [-0.3, -0.25) is 77.1 Å². The Bertz CT molecular complexity index is 2860. The van der Waals surface area contributed by atoms with Crippen LogP contribution in [0.15, 0.2) is 40.3 Å². The molecule has 502 valence electrons. The third-order valence-corrected chi connectivity index (χ3v) is 18.5. The topological polar surface area (TPSA) is 610 Å². The maximum Gasteiger partial charge on any atom is 0.305 e. The lowest BCUT2D eigenvalue weighted by Crippen LogP contribution is -2.61. The Morgan fingerprint density at radius 1 is 0.560 bits per heavy atom. The molecule has 0 radical (unpaired) electrons. The van der Waals surface area contributed by atoms with Crippen LogP contribution in [0.4, 0.5) is 0 Å². The van der Waals surface area contributed by atoms with Crippen LogP contribution in [0.5, 0.6) is 0 Å². The number of benzene rings is 1. The zero-order valence-corrected chi connectivity index (χ0v) is 52.4. The predicted octanol–water partition coefficient (Wildman–Crippen LogP) is -9.25. The predicted molar refractivity (Wildman–Crippen MR) is 335 cm³/mol. The molecule has 1 aromatic rings. The van der Waals surface area contributed by atoms with Crippen molar-refractivity contribution in [1.29, 1.82) is 0 Å². The van der Waals surface area contributed by atoms with Gasteiger partial charge in [-0.1, -0.05) is 73.5 Å². The molecule has 4 rings (SSSR count). The molecule has 3 aliphatic rings. The molecule has 0 aromatic heterocycles. The highest BCUT2D eigenvalue weighted by atomic mass is 33.1. The lowest BCUT2D eigenvalue weighted by Gasteiger charge is -2.30. The highest BCUT2D eigenvalue weighted by Gasteiger charge is 2.42. The molecular weight excluding hydrogens is 1280 g/mol. The maximum atomic E-state index is 14.7. The monoisotopic (exact) mass is 1350 g/mol. The fourth-order valence-electron chi connectivity index (χ4n) is 8.99. The van der Waals surface area contributed by atoms with Gasteiger partial charge in [0, 0.05) is 49.1 Å². The SMILES string of the molecule is NCC(=O)N[C@H]1CSSC[C@@H]2NC(=O)[C@H](CCCN=C(N)N)NC(=O)[C@@H]3CCCN3C(=O)[C@H](CC(=O)O)NC(=O)[C@H](CO)NC(=O)[C@H](CSSC[C@@H](C(N)=O)NC(=O)[C@H](Cc3ccccc3)NC(=O)[C@H](CCCN=C(N)N)NC(=O)[C@H](CC(N)=O)NC2=O)NC1=O. The first-order valence-corrected chi connectivity index (χ1v) is 33.3. The molecule has 0 saturated carbocycles. The number of aliphatic carboxylic acids is 1. The van der Waals surface area contributed by atoms with Crippen LogP contribution in [-0.2, 0) is 73.5 Å². The lowest BCUT2D eigenvalue weighted by molar-refractivity contribution is -0.146. The third kappa shape index (κ3) is 25.8. The Hall–Kier alpha value is -8.34. The number of carboxylic acids is 1. The highest BCUT2D eigenvalue weighted by molar-refractivity contribution is 8.77. The number of rotatable bonds is 18. The number of hydrogen-bond donors (Lipinski definition) is 19. The van der Waals surface area contributed by atoms with Crippen molar-refractivity contribution in [2.24, 2.45) is 50.1 Å². The van der Waals surface area contributed by atoms with Crippen molar-refractivity contribution in [3.8, 4) is 0 Å². The number of carbonyl (C=O) groups is 14. The first-order chi connectivity index (χ1) is 43.2. The molecule has 0 spiro atoms. The standard InChI is InChI=1S/C51H78N20O16S4/c52-18-37(74)61-32-21-89-91-22-33-46(84)65-28(16-36(53)73)43(81)62-25(9-4-12-59-50(55)56)40(78)64-27(15-24-7-2-1-3-8-24)42(80)68-31(39(54)77)20-88-90-23-34(70-45(32)83)47(85)67-30(19-72)44(82)66-29(17-38(75)76)49(87)71-14-6-11-35(71)48(86)63-26(41(79)69-33)10-5-13-60-51(57)58/h1-3,7-8,25-35,72H,4-6,9-23,52H2,(H2,53,73)(H2,54,77)(H,61,74)(H,62,81)(H,63,86)(H,64,78)(H,65,84)(H,66,82)(H,67,85)(H,68,80)(H,69,79)(H,70,83)(H,75,76)(H4,55,56,59)(H4,57,58,60)/t25-,26-,27-,28-,29-,30-,31-,32-,33-,34-,35-/m0/s1. The summed E-state index contributed by atoms with van der Waals surface area (Å²) in [6.45, 7) is -2.18. The number of fused-ring (bicyclic) bond motifs is 9. The summed E-state index contributed by atoms with van der Waals surface area (Å²) < 4.78 is 0. The van der Waals surface area contributed by atoms with Gasteiger partial charge in [0.2, 0.25) is 76.8 Å². The van der Waals surface area contributed by atoms with E-state index in [0.717, 1.165) is 48.1 Å². The average Bonchev–Trinajstić information content (AvgIpc) is 1.86. The molecular formula is C51H78N20O16S4. The van der Waals surface area contributed by atoms with E-state index in [4.69, 9.17) is 40.1 Å². The number of nitrogens with two attached hydrogens (primary N) is 7. The van der Waals surface area contributed by atoms with Crippen LogP contribution in [0.1, 0.15) is 56.9 Å². The number of nitrogens with zero attached hydrogens (tertiary/aromatic N) is 3. The third-order valence-electron chi connectivity index (χ3n) is 13.6. The van der Waals surface area contributed by atoms with E-state index in [0.29, 0.717) is 5.56 Å². The second kappa shape index (κ2) is 38.4. The Labute approximate surface area is 536 Å². The summed E-state index contributed by atoms with van der Waals surface area (Å²) >= 11 is 0. The summed E-state index contributed by atoms with van der Waals surface area (Å²) in [6, 6.07) is -10.3. The van der Waals surface area contributed by atoms with Gasteiger partial charge in [-0.25, -0.2) is 0 Å². The second-order valence-corrected chi connectivity index (χ2v) is 25.7. The Balaban J connectivity index is 1.97. The smallest absolute Gasteiger partial charge is 0.305 e. The number of aliphatic imine (C=N–C) groups is 2. The Morgan fingerprint density at radius 3 is 1.59 bits per heavy atom. The number of amides is 13. The fraction of sp³-hybridized carbons (Fsp3) is 0.569. The summed E-state index contributed by atoms with van der Waals surface area (Å²) in [5, 5.41) is 44.9. The van der Waals surface area contributed by atoms with E-state index in [-0.39, 0.29) is 82.3 Å². The molecule has 0 aliphatic carbocycles. The molecule has 91 heavy (non-hydrogen) atoms. The Morgan fingerprint density at radius 2 is 1.04 bits per heavy atom. The van der Waals surface area contributed by atoms with Gasteiger partial charge in [-0.15, -0.1) is 0 Å². The van der Waals surface area contributed by atoms with E-state index in [2.05, 4.69) is 63.2 Å². The fourth-order valence-corrected chi connectivity index (χ4v) is 13.7. The van der Waals surface area contributed by atoms with Gasteiger partial charge in [0.15, 0.2) is 11.9 Å². The molecule has 1 aromatic carbocycles. The van der Waals surface area contributed by atoms with Gasteiger partial charge in [-0.2, -0.15) is 0 Å². The van der Waals surface area contributed by atoms with E-state index < -0.39 is 192 Å². The minimum atomic E-state index is -1.96. The number of primary amides is 2. The molecule has 36 nitrogen and oxygen atoms in total. The van der Waals surface area contributed by atoms with Crippen molar-refractivity contribution in [2.45, 2.75) is 124 Å². The maximum absolute atomic E-state index is 14.7. The molecule has 13 amide bonds. The minimum Gasteiger partial charge on any atom is -0.481 e. The second-order valence-electron chi connectivity index (χ2n) is 20.6. The lowest BCUT2D eigenvalue weighted by atomic mass is 10.0. The number of carbonyl (C=O) groups excluding carboxylic acids is 13. The van der Waals surface area contributed by atoms with Crippen molar-refractivity contribution in [3.05, 3.63) is 35.9 Å². The number of carboxylic acid groups (broad SMARTS) is 1. The number of hydrogen-bond acceptors (Lipinski definition) is 22. The molecule has 11 atom stereocenters. The van der Waals surface area contributed by atoms with Crippen molar-refractivity contribution in [1.82, 2.24) is 58.1 Å². The summed E-state index contributed by atoms with van der Waals surface area (Å²) in [4.78, 5) is 204. The summed E-state index contributed by atoms with van der Waals surface area (Å²) in [5.74, 6) is -18.0. The highest BCUT2D eigenvalue weighted by Crippen LogP contribution is 2.26. The quantitative estimate of drug-likeness (QED) is 0.0281. The van der Waals surface area contributed by atoms with Gasteiger partial charge >= 0.3 is 5.97 Å². The van der Waals surface area contributed by atoms with E-state index in [1.165, 1.54) is 0 Å². The van der Waals surface area contributed by atoms with Crippen LogP contribution in [0.3, 0.4) is 0 Å². The first-order valence-electron chi connectivity index (χ1n) is 28.3. The van der Waals surface area contributed by atoms with Crippen LogP contribution in [-0.4, -0.2) is 232 Å². The molecule has 3 saturated heterocycles. The summed E-state index contributed by atoms with van der Waals surface area (Å²) in [7, 11) is 3.28. The van der Waals surface area contributed by atoms with Crippen molar-refractivity contribution >= 4 is 138 Å². The molecule has 0 unspecified atom stereocenters. The normalized spacial score (nSPS) is 26.0. The number of aliphatic hydroxyl groups is 1. The van der Waals surface area contributed by atoms with Gasteiger partial charge < -0.3 is 108 Å². The number of nitrogens with one attached hydrogen (secondary N) is 10. The zero-order valence-electron chi connectivity index (χ0n) is 49.1. The number of aliphatic hydroxyl groups excluding tert-OH is 1. The van der Waals surface area contributed by atoms with Crippen molar-refractivity contribution < 1.29 is 77.3 Å². The minimum absolute atomic E-state index is 0.00201. The average molecular weight is 1360 g/mol. The van der Waals surface area contributed by atoms with Crippen LogP contribution in [0, 0.1) is 0 Å². The van der Waals surface area contributed by atoms with Gasteiger partial charge in [0.1, 0.15) is 66.5 Å². The Kier molecular flexibility index (Phi) is 31.7. The van der Waals surface area contributed by atoms with E-state index in [9.17, 15) is 77.3 Å². The van der Waals surface area contributed by atoms with Gasteiger partial charge in [-0.05, 0) is 44.1 Å². The van der Waals surface area contributed by atoms with E-state index >= 15 is 0 Å². The van der Waals surface area contributed by atoms with Crippen LogP contribution < -0.4 is 93.3 Å². The van der Waals surface area contributed by atoms with Crippen LogP contribution in [0.25, 0.3) is 0 Å². The zero-order chi connectivity index (χ0) is 67.3. The van der Waals surface area contributed by atoms with Crippen molar-refractivity contribution in [2.75, 3.05) is 55.8 Å². The molecule has 2 bridgehead atoms. The first kappa shape index (κ1) is 75.1. The molecule has 3 aliphatic heterocycles. The van der Waals surface area contributed by atoms with Gasteiger partial charge in [0.05, 0.1) is 26.0 Å².